The molecule has 3 rings (SSSR count). The molecular weight excluding hydrogens is 636 g/mol. The van der Waals surface area contributed by atoms with Gasteiger partial charge in [-0.05, 0) is 74.8 Å². The number of rotatable bonds is 8. The van der Waals surface area contributed by atoms with E-state index in [0.717, 1.165) is 67.1 Å². The van der Waals surface area contributed by atoms with E-state index < -0.39 is 0 Å². The highest BCUT2D eigenvalue weighted by molar-refractivity contribution is 5.81. The van der Waals surface area contributed by atoms with Gasteiger partial charge in [0.1, 0.15) is 24.2 Å². The molecule has 0 saturated heterocycles. The summed E-state index contributed by atoms with van der Waals surface area (Å²) in [5.41, 5.74) is 4.10. The highest BCUT2D eigenvalue weighted by Gasteiger charge is 2.17. The lowest BCUT2D eigenvalue weighted by atomic mass is 10.1. The van der Waals surface area contributed by atoms with Crippen LogP contribution in [0.3, 0.4) is 0 Å². The first-order valence-electron chi connectivity index (χ1n) is 19.8. The van der Waals surface area contributed by atoms with Gasteiger partial charge in [0, 0.05) is 30.5 Å². The van der Waals surface area contributed by atoms with Crippen molar-refractivity contribution in [2.75, 3.05) is 26.2 Å². The Labute approximate surface area is 312 Å². The van der Waals surface area contributed by atoms with Crippen LogP contribution in [0.25, 0.3) is 0 Å². The smallest absolute Gasteiger partial charge is 0.242 e. The third-order valence-electron chi connectivity index (χ3n) is 7.97. The van der Waals surface area contributed by atoms with Gasteiger partial charge in [0.2, 0.25) is 5.91 Å². The number of para-hydroxylation sites is 1. The Bertz CT molecular complexity index is 1180. The molecule has 1 unspecified atom stereocenters. The molecule has 4 N–H and O–H groups in total. The molecule has 1 heterocycles. The molecule has 1 aliphatic rings. The minimum absolute atomic E-state index is 0.0499. The lowest BCUT2D eigenvalue weighted by Gasteiger charge is -2.23. The van der Waals surface area contributed by atoms with Gasteiger partial charge in [0.25, 0.3) is 0 Å². The number of benzene rings is 2. The van der Waals surface area contributed by atoms with Crippen LogP contribution in [0, 0.1) is 18.7 Å². The molecule has 0 bridgehead atoms. The summed E-state index contributed by atoms with van der Waals surface area (Å²) in [6.45, 7) is 26.0. The maximum atomic E-state index is 12.8. The molecule has 51 heavy (non-hydrogen) atoms. The van der Waals surface area contributed by atoms with Crippen LogP contribution in [0.1, 0.15) is 131 Å². The van der Waals surface area contributed by atoms with E-state index in [9.17, 15) is 9.18 Å². The molecule has 290 valence electrons. The minimum Gasteiger partial charge on any atom is -0.492 e. The van der Waals surface area contributed by atoms with Crippen LogP contribution in [0.15, 0.2) is 72.6 Å². The average Bonchev–Trinajstić information content (AvgIpc) is 3.10. The van der Waals surface area contributed by atoms with Gasteiger partial charge in [-0.15, -0.1) is 0 Å². The Morgan fingerprint density at radius 3 is 2.27 bits per heavy atom. The average molecular weight is 711 g/mol. The predicted octanol–water partition coefficient (Wildman–Crippen LogP) is 10.4. The molecular formula is C44H75FN4O2. The minimum atomic E-state index is -0.245. The van der Waals surface area contributed by atoms with Crippen molar-refractivity contribution in [1.29, 1.82) is 0 Å². The summed E-state index contributed by atoms with van der Waals surface area (Å²) in [6.07, 6.45) is 14.8. The number of hydrogen-bond acceptors (Lipinski definition) is 5. The van der Waals surface area contributed by atoms with Gasteiger partial charge in [0.05, 0.1) is 6.54 Å². The molecule has 0 aliphatic carbocycles. The summed E-state index contributed by atoms with van der Waals surface area (Å²) in [7, 11) is 0. The van der Waals surface area contributed by atoms with E-state index in [4.69, 9.17) is 4.74 Å². The zero-order valence-corrected chi connectivity index (χ0v) is 33.9. The van der Waals surface area contributed by atoms with E-state index in [0.29, 0.717) is 26.2 Å². The van der Waals surface area contributed by atoms with E-state index in [1.165, 1.54) is 49.8 Å². The summed E-state index contributed by atoms with van der Waals surface area (Å²) in [5, 5.41) is 13.4. The van der Waals surface area contributed by atoms with Crippen LogP contribution in [0.5, 0.6) is 5.75 Å². The molecule has 2 aromatic carbocycles. The van der Waals surface area contributed by atoms with Gasteiger partial charge in [-0.2, -0.15) is 0 Å². The van der Waals surface area contributed by atoms with Gasteiger partial charge in [-0.1, -0.05) is 136 Å². The zero-order chi connectivity index (χ0) is 38.3. The van der Waals surface area contributed by atoms with Crippen LogP contribution in [0.2, 0.25) is 0 Å². The number of nitrogens with one attached hydrogen (secondary N) is 4. The van der Waals surface area contributed by atoms with Gasteiger partial charge in [-0.3, -0.25) is 4.79 Å². The van der Waals surface area contributed by atoms with Crippen LogP contribution < -0.4 is 26.0 Å². The monoisotopic (exact) mass is 711 g/mol. The maximum absolute atomic E-state index is 12.8. The van der Waals surface area contributed by atoms with Crippen LogP contribution in [0.4, 0.5) is 4.39 Å². The van der Waals surface area contributed by atoms with E-state index in [1.807, 2.05) is 38.1 Å². The van der Waals surface area contributed by atoms with E-state index in [1.54, 1.807) is 6.07 Å². The van der Waals surface area contributed by atoms with Gasteiger partial charge in [0.15, 0.2) is 0 Å². The number of aryl methyl sites for hydroxylation is 2. The summed E-state index contributed by atoms with van der Waals surface area (Å²) < 4.78 is 18.3. The quantitative estimate of drug-likeness (QED) is 0.205. The largest absolute Gasteiger partial charge is 0.492 e. The summed E-state index contributed by atoms with van der Waals surface area (Å²) in [6, 6.07) is 14.6. The van der Waals surface area contributed by atoms with E-state index in [-0.39, 0.29) is 23.8 Å². The van der Waals surface area contributed by atoms with Gasteiger partial charge < -0.3 is 26.0 Å². The Hall–Kier alpha value is -3.32. The number of fused-ring (bicyclic) bond motifs is 1. The first-order chi connectivity index (χ1) is 24.5. The third kappa shape index (κ3) is 26.2. The standard InChI is InChI=1S/C26H42N4O2.C8H18.C7H7F.C3H8/c1-5-7-8-14-23-18-29-20(3)17-28-21(4)19-32-25-15-10-9-12-22(25)13-11-16-27-26(31)24(6-2)30-23;1-4-5-6-7-8(2)3;1-6-3-2-4-7(8)5-6;1-3-2/h9-10,12,14-15,21,24,28-30H,3,5-8,11,13,16-19H2,1-2,4H3,(H,27,31);8H,4-7H2,1-3H3;2-5H,1H3;3H2,1-2H3/b23-14+;;;/t21-,24?;;;/m0.../s1. The summed E-state index contributed by atoms with van der Waals surface area (Å²) >= 11 is 0. The molecule has 0 radical (unpaired) electrons. The molecule has 2 atom stereocenters. The van der Waals surface area contributed by atoms with Crippen molar-refractivity contribution in [3.05, 3.63) is 89.5 Å². The van der Waals surface area contributed by atoms with Crippen molar-refractivity contribution in [1.82, 2.24) is 21.3 Å². The van der Waals surface area contributed by atoms with Crippen molar-refractivity contribution in [2.45, 2.75) is 145 Å². The molecule has 0 aromatic heterocycles. The number of hydrogen-bond donors (Lipinski definition) is 4. The van der Waals surface area contributed by atoms with E-state index >= 15 is 0 Å². The molecule has 0 saturated carbocycles. The normalized spacial score (nSPS) is 17.9. The SMILES string of the molecule is C=C1CN[C@@H](C)COc2ccccc2CCCNC(=O)C(CC)N/C(=C/CCCC)CN1.CCC.CCCCCC(C)C.Cc1cccc(F)c1. The van der Waals surface area contributed by atoms with E-state index in [2.05, 4.69) is 88.5 Å². The Morgan fingerprint density at radius 1 is 0.961 bits per heavy atom. The number of allylic oxidation sites excluding steroid dienone is 1. The van der Waals surface area contributed by atoms with Crippen LogP contribution in [-0.4, -0.2) is 44.2 Å². The molecule has 0 fully saturated rings. The molecule has 1 aliphatic heterocycles. The molecule has 6 nitrogen and oxygen atoms in total. The Balaban J connectivity index is 0.00000106. The second-order valence-corrected chi connectivity index (χ2v) is 13.9. The second-order valence-electron chi connectivity index (χ2n) is 13.9. The molecule has 7 heteroatoms. The van der Waals surface area contributed by atoms with Crippen molar-refractivity contribution in [3.63, 3.8) is 0 Å². The number of carbonyl (C=O) groups is 1. The van der Waals surface area contributed by atoms with Gasteiger partial charge in [-0.25, -0.2) is 4.39 Å². The zero-order valence-electron chi connectivity index (χ0n) is 33.9. The second kappa shape index (κ2) is 31.4. The fraction of sp³-hybridized carbons (Fsp3) is 0.614. The highest BCUT2D eigenvalue weighted by atomic mass is 19.1. The number of carbonyl (C=O) groups excluding carboxylic acids is 1. The topological polar surface area (TPSA) is 74.4 Å². The first kappa shape index (κ1) is 47.7. The lowest BCUT2D eigenvalue weighted by molar-refractivity contribution is -0.123. The molecule has 1 amide bonds. The predicted molar refractivity (Wildman–Crippen MR) is 219 cm³/mol. The number of unbranched alkanes of at least 4 members (excludes halogenated alkanes) is 4. The fourth-order valence-corrected chi connectivity index (χ4v) is 4.97. The van der Waals surface area contributed by atoms with Crippen molar-refractivity contribution < 1.29 is 13.9 Å². The molecule has 2 aromatic rings. The summed E-state index contributed by atoms with van der Waals surface area (Å²) in [4.78, 5) is 12.8. The number of halogens is 1. The van der Waals surface area contributed by atoms with Gasteiger partial charge >= 0.3 is 0 Å². The lowest BCUT2D eigenvalue weighted by Crippen LogP contribution is -2.45. The van der Waals surface area contributed by atoms with Crippen LogP contribution in [-0.2, 0) is 11.2 Å². The van der Waals surface area contributed by atoms with Crippen molar-refractivity contribution in [3.8, 4) is 5.75 Å². The van der Waals surface area contributed by atoms with Crippen molar-refractivity contribution >= 4 is 5.91 Å². The molecule has 0 spiro atoms. The Kier molecular flexibility index (Phi) is 29.4. The number of ether oxygens (including phenoxy) is 1. The maximum Gasteiger partial charge on any atom is 0.242 e. The first-order valence-corrected chi connectivity index (χ1v) is 19.8. The summed E-state index contributed by atoms with van der Waals surface area (Å²) in [5.74, 6) is 1.71. The third-order valence-corrected chi connectivity index (χ3v) is 7.97. The Morgan fingerprint density at radius 2 is 1.67 bits per heavy atom. The number of amides is 1. The van der Waals surface area contributed by atoms with Crippen molar-refractivity contribution in [2.24, 2.45) is 5.92 Å². The highest BCUT2D eigenvalue weighted by Crippen LogP contribution is 2.20. The van der Waals surface area contributed by atoms with Crippen LogP contribution >= 0.6 is 0 Å². The fourth-order valence-electron chi connectivity index (χ4n) is 4.97.